The predicted octanol–water partition coefficient (Wildman–Crippen LogP) is 4.79. The second kappa shape index (κ2) is 11.9. The number of halogens is 2. The van der Waals surface area contributed by atoms with E-state index in [1.165, 1.54) is 0 Å². The Hall–Kier alpha value is -2.53. The van der Waals surface area contributed by atoms with E-state index in [9.17, 15) is 0 Å². The van der Waals surface area contributed by atoms with Crippen molar-refractivity contribution in [1.82, 2.24) is 15.5 Å². The number of hydrogen-bond acceptors (Lipinski definition) is 6. The standard InChI is InChI=1S/C22H24ClN5O3.HI/c1-2-24-22(26-17-7-8-18-19(14-17)30-12-4-11-29-18)25-10-9-20-27-21(28-31-20)15-5-3-6-16(23)13-15;/h3,5-8,13-14H,2,4,9-12H2,1H3,(H2,24,25,26);1H. The first-order valence-corrected chi connectivity index (χ1v) is 10.6. The molecule has 0 aliphatic carbocycles. The Labute approximate surface area is 208 Å². The lowest BCUT2D eigenvalue weighted by atomic mass is 10.2. The number of fused-ring (bicyclic) bond motifs is 1. The summed E-state index contributed by atoms with van der Waals surface area (Å²) >= 11 is 6.03. The normalized spacial score (nSPS) is 13.1. The maximum absolute atomic E-state index is 6.03. The summed E-state index contributed by atoms with van der Waals surface area (Å²) in [6.07, 6.45) is 1.39. The molecule has 1 aromatic heterocycles. The predicted molar refractivity (Wildman–Crippen MR) is 136 cm³/mol. The zero-order valence-electron chi connectivity index (χ0n) is 17.6. The second-order valence-corrected chi connectivity index (χ2v) is 7.31. The van der Waals surface area contributed by atoms with E-state index in [1.807, 2.05) is 37.3 Å². The van der Waals surface area contributed by atoms with Crippen molar-refractivity contribution in [2.45, 2.75) is 19.8 Å². The number of hydrogen-bond donors (Lipinski definition) is 2. The van der Waals surface area contributed by atoms with Gasteiger partial charge >= 0.3 is 0 Å². The van der Waals surface area contributed by atoms with Crippen LogP contribution in [0.3, 0.4) is 0 Å². The largest absolute Gasteiger partial charge is 0.490 e. The van der Waals surface area contributed by atoms with Gasteiger partial charge in [0.2, 0.25) is 11.7 Å². The summed E-state index contributed by atoms with van der Waals surface area (Å²) in [6, 6.07) is 13.1. The van der Waals surface area contributed by atoms with Gasteiger partial charge in [0.1, 0.15) is 0 Å². The average Bonchev–Trinajstić information content (AvgIpc) is 3.11. The number of aromatic nitrogens is 2. The van der Waals surface area contributed by atoms with Gasteiger partial charge in [-0.25, -0.2) is 0 Å². The van der Waals surface area contributed by atoms with Gasteiger partial charge in [-0.05, 0) is 31.2 Å². The Morgan fingerprint density at radius 2 is 1.97 bits per heavy atom. The van der Waals surface area contributed by atoms with Gasteiger partial charge in [0.25, 0.3) is 0 Å². The Bertz CT molecular complexity index is 1060. The zero-order chi connectivity index (χ0) is 21.5. The van der Waals surface area contributed by atoms with E-state index in [2.05, 4.69) is 25.8 Å². The van der Waals surface area contributed by atoms with E-state index in [1.54, 1.807) is 12.1 Å². The highest BCUT2D eigenvalue weighted by atomic mass is 127. The molecule has 2 heterocycles. The van der Waals surface area contributed by atoms with Crippen LogP contribution in [0.25, 0.3) is 11.4 Å². The van der Waals surface area contributed by atoms with Crippen LogP contribution in [-0.4, -0.2) is 42.4 Å². The van der Waals surface area contributed by atoms with E-state index in [0.717, 1.165) is 35.7 Å². The van der Waals surface area contributed by atoms with Crippen molar-refractivity contribution in [2.75, 3.05) is 31.6 Å². The maximum Gasteiger partial charge on any atom is 0.228 e. The highest BCUT2D eigenvalue weighted by Gasteiger charge is 2.12. The van der Waals surface area contributed by atoms with Gasteiger partial charge in [-0.1, -0.05) is 28.9 Å². The van der Waals surface area contributed by atoms with Crippen LogP contribution in [0.5, 0.6) is 11.5 Å². The molecule has 0 saturated carbocycles. The van der Waals surface area contributed by atoms with Crippen LogP contribution in [0, 0.1) is 0 Å². The monoisotopic (exact) mass is 569 g/mol. The van der Waals surface area contributed by atoms with Crippen molar-refractivity contribution in [3.05, 3.63) is 53.4 Å². The summed E-state index contributed by atoms with van der Waals surface area (Å²) in [5, 5.41) is 11.2. The minimum atomic E-state index is 0. The highest BCUT2D eigenvalue weighted by Crippen LogP contribution is 2.32. The summed E-state index contributed by atoms with van der Waals surface area (Å²) in [4.78, 5) is 9.03. The van der Waals surface area contributed by atoms with Crippen molar-refractivity contribution >= 4 is 47.2 Å². The number of ether oxygens (including phenoxy) is 2. The third-order valence-electron chi connectivity index (χ3n) is 4.50. The fourth-order valence-electron chi connectivity index (χ4n) is 3.05. The van der Waals surface area contributed by atoms with Gasteiger partial charge in [-0.2, -0.15) is 4.98 Å². The Kier molecular flexibility index (Phi) is 8.98. The number of guanidine groups is 1. The fraction of sp³-hybridized carbons (Fsp3) is 0.318. The summed E-state index contributed by atoms with van der Waals surface area (Å²) in [5.74, 6) is 3.19. The lowest BCUT2D eigenvalue weighted by Gasteiger charge is -2.13. The first-order chi connectivity index (χ1) is 15.2. The molecule has 0 atom stereocenters. The molecular formula is C22H25ClIN5O3. The average molecular weight is 570 g/mol. The molecule has 0 fully saturated rings. The number of rotatable bonds is 6. The Morgan fingerprint density at radius 3 is 2.78 bits per heavy atom. The van der Waals surface area contributed by atoms with Crippen LogP contribution in [-0.2, 0) is 6.42 Å². The first-order valence-electron chi connectivity index (χ1n) is 10.2. The second-order valence-electron chi connectivity index (χ2n) is 6.87. The fourth-order valence-corrected chi connectivity index (χ4v) is 3.24. The lowest BCUT2D eigenvalue weighted by Crippen LogP contribution is -2.30. The topological polar surface area (TPSA) is 93.8 Å². The summed E-state index contributed by atoms with van der Waals surface area (Å²) in [5.41, 5.74) is 1.68. The molecule has 0 spiro atoms. The minimum Gasteiger partial charge on any atom is -0.490 e. The number of nitrogens with zero attached hydrogens (tertiary/aromatic N) is 3. The molecule has 4 rings (SSSR count). The summed E-state index contributed by atoms with van der Waals surface area (Å²) < 4.78 is 16.8. The van der Waals surface area contributed by atoms with Crippen molar-refractivity contribution in [3.8, 4) is 22.9 Å². The van der Waals surface area contributed by atoms with Crippen LogP contribution in [0.15, 0.2) is 52.0 Å². The molecule has 0 saturated heterocycles. The van der Waals surface area contributed by atoms with Gasteiger partial charge in [0.15, 0.2) is 17.5 Å². The van der Waals surface area contributed by atoms with Crippen molar-refractivity contribution in [2.24, 2.45) is 4.99 Å². The van der Waals surface area contributed by atoms with Crippen molar-refractivity contribution in [1.29, 1.82) is 0 Å². The molecule has 0 bridgehead atoms. The third kappa shape index (κ3) is 6.49. The molecule has 170 valence electrons. The molecule has 2 N–H and O–H groups in total. The summed E-state index contributed by atoms with van der Waals surface area (Å²) in [6.45, 7) is 4.54. The number of nitrogens with one attached hydrogen (secondary N) is 2. The third-order valence-corrected chi connectivity index (χ3v) is 4.74. The molecule has 8 nitrogen and oxygen atoms in total. The van der Waals surface area contributed by atoms with E-state index in [0.29, 0.717) is 48.9 Å². The SMILES string of the molecule is CCNC(=NCCc1nc(-c2cccc(Cl)c2)no1)Nc1ccc2c(c1)OCCCO2.I. The molecule has 10 heteroatoms. The van der Waals surface area contributed by atoms with E-state index >= 15 is 0 Å². The molecule has 0 amide bonds. The number of aliphatic imine (C=N–C) groups is 1. The lowest BCUT2D eigenvalue weighted by molar-refractivity contribution is 0.297. The highest BCUT2D eigenvalue weighted by molar-refractivity contribution is 14.0. The summed E-state index contributed by atoms with van der Waals surface area (Å²) in [7, 11) is 0. The van der Waals surface area contributed by atoms with Crippen LogP contribution in [0.1, 0.15) is 19.2 Å². The molecule has 1 aliphatic rings. The van der Waals surface area contributed by atoms with Crippen LogP contribution in [0.4, 0.5) is 5.69 Å². The molecule has 2 aromatic carbocycles. The van der Waals surface area contributed by atoms with Crippen molar-refractivity contribution < 1.29 is 14.0 Å². The first kappa shape index (κ1) is 24.1. The Morgan fingerprint density at radius 1 is 1.12 bits per heavy atom. The van der Waals surface area contributed by atoms with Gasteiger partial charge in [-0.3, -0.25) is 4.99 Å². The van der Waals surface area contributed by atoms with Crippen LogP contribution in [0.2, 0.25) is 5.02 Å². The van der Waals surface area contributed by atoms with Crippen LogP contribution < -0.4 is 20.1 Å². The van der Waals surface area contributed by atoms with Gasteiger partial charge in [-0.15, -0.1) is 24.0 Å². The molecule has 32 heavy (non-hydrogen) atoms. The smallest absolute Gasteiger partial charge is 0.228 e. The molecule has 3 aromatic rings. The number of benzene rings is 2. The molecule has 1 aliphatic heterocycles. The quantitative estimate of drug-likeness (QED) is 0.250. The zero-order valence-corrected chi connectivity index (χ0v) is 20.7. The van der Waals surface area contributed by atoms with Crippen LogP contribution >= 0.6 is 35.6 Å². The van der Waals surface area contributed by atoms with E-state index in [4.69, 9.17) is 25.6 Å². The molecule has 0 radical (unpaired) electrons. The number of anilines is 1. The van der Waals surface area contributed by atoms with E-state index in [-0.39, 0.29) is 24.0 Å². The van der Waals surface area contributed by atoms with E-state index < -0.39 is 0 Å². The van der Waals surface area contributed by atoms with Gasteiger partial charge in [0, 0.05) is 41.7 Å². The van der Waals surface area contributed by atoms with Crippen molar-refractivity contribution in [3.63, 3.8) is 0 Å². The minimum absolute atomic E-state index is 0. The maximum atomic E-state index is 6.03. The van der Waals surface area contributed by atoms with Gasteiger partial charge < -0.3 is 24.6 Å². The molecule has 0 unspecified atom stereocenters. The molecular weight excluding hydrogens is 545 g/mol. The van der Waals surface area contributed by atoms with Gasteiger partial charge in [0.05, 0.1) is 19.8 Å². The Balaban J connectivity index is 0.00000289.